The predicted octanol–water partition coefficient (Wildman–Crippen LogP) is 2.25. The molecule has 0 spiro atoms. The van der Waals surface area contributed by atoms with Gasteiger partial charge < -0.3 is 9.67 Å². The maximum atomic E-state index is 12.3. The largest absolute Gasteiger partial charge is 0.477 e. The lowest BCUT2D eigenvalue weighted by Gasteiger charge is -2.07. The monoisotopic (exact) mass is 326 g/mol. The van der Waals surface area contributed by atoms with Crippen LogP contribution in [0.15, 0.2) is 46.3 Å². The fourth-order valence-corrected chi connectivity index (χ4v) is 3.37. The number of sulfonamides is 1. The van der Waals surface area contributed by atoms with Gasteiger partial charge in [0.15, 0.2) is 0 Å². The van der Waals surface area contributed by atoms with Crippen LogP contribution in [0.1, 0.15) is 10.5 Å². The lowest BCUT2D eigenvalue weighted by atomic mass is 10.3. The van der Waals surface area contributed by atoms with Crippen molar-refractivity contribution in [3.63, 3.8) is 0 Å². The molecule has 0 saturated carbocycles. The number of benzene rings is 1. The SMILES string of the molecule is CSc1cccc(NS(=O)(=O)c2cc(C(=O)O)n(C)c2)c1. The minimum absolute atomic E-state index is 0.0862. The number of aromatic carboxylic acids is 1. The molecule has 0 radical (unpaired) electrons. The standard InChI is InChI=1S/C13H14N2O4S2/c1-15-8-11(7-12(15)13(16)17)21(18,19)14-9-4-3-5-10(6-9)20-2/h3-8,14H,1-2H3,(H,16,17). The minimum Gasteiger partial charge on any atom is -0.477 e. The lowest BCUT2D eigenvalue weighted by Crippen LogP contribution is -2.12. The molecule has 2 aromatic rings. The molecule has 0 saturated heterocycles. The van der Waals surface area contributed by atoms with Crippen LogP contribution in [0.3, 0.4) is 0 Å². The summed E-state index contributed by atoms with van der Waals surface area (Å²) in [4.78, 5) is 11.8. The lowest BCUT2D eigenvalue weighted by molar-refractivity contribution is 0.0686. The molecule has 112 valence electrons. The zero-order valence-corrected chi connectivity index (χ0v) is 13.0. The van der Waals surface area contributed by atoms with Gasteiger partial charge in [-0.3, -0.25) is 4.72 Å². The van der Waals surface area contributed by atoms with Crippen LogP contribution in [-0.2, 0) is 17.1 Å². The zero-order valence-electron chi connectivity index (χ0n) is 11.4. The van der Waals surface area contributed by atoms with Gasteiger partial charge in [-0.25, -0.2) is 13.2 Å². The Bertz CT molecular complexity index is 781. The van der Waals surface area contributed by atoms with Crippen LogP contribution in [0.4, 0.5) is 5.69 Å². The smallest absolute Gasteiger partial charge is 0.352 e. The second kappa shape index (κ2) is 5.82. The van der Waals surface area contributed by atoms with Gasteiger partial charge in [-0.15, -0.1) is 11.8 Å². The van der Waals surface area contributed by atoms with E-state index in [0.717, 1.165) is 11.0 Å². The number of nitrogens with zero attached hydrogens (tertiary/aromatic N) is 1. The average molecular weight is 326 g/mol. The summed E-state index contributed by atoms with van der Waals surface area (Å²) in [5, 5.41) is 8.96. The third kappa shape index (κ3) is 3.40. The molecule has 0 bridgehead atoms. The molecule has 1 aromatic carbocycles. The van der Waals surface area contributed by atoms with Gasteiger partial charge in [0.05, 0.1) is 0 Å². The Labute approximate surface area is 126 Å². The Morgan fingerprint density at radius 2 is 2.05 bits per heavy atom. The molecule has 8 heteroatoms. The van der Waals surface area contributed by atoms with Crippen LogP contribution in [-0.4, -0.2) is 30.3 Å². The van der Waals surface area contributed by atoms with Crippen molar-refractivity contribution in [3.05, 3.63) is 42.2 Å². The first-order valence-electron chi connectivity index (χ1n) is 5.90. The second-order valence-electron chi connectivity index (χ2n) is 4.31. The first-order valence-corrected chi connectivity index (χ1v) is 8.61. The Kier molecular flexibility index (Phi) is 4.29. The van der Waals surface area contributed by atoms with Crippen molar-refractivity contribution < 1.29 is 18.3 Å². The topological polar surface area (TPSA) is 88.4 Å². The number of hydrogen-bond acceptors (Lipinski definition) is 4. The van der Waals surface area contributed by atoms with E-state index < -0.39 is 16.0 Å². The highest BCUT2D eigenvalue weighted by molar-refractivity contribution is 7.98. The van der Waals surface area contributed by atoms with Gasteiger partial charge in [-0.2, -0.15) is 0 Å². The molecule has 0 fully saturated rings. The van der Waals surface area contributed by atoms with Crippen molar-refractivity contribution in [2.75, 3.05) is 11.0 Å². The molecular formula is C13H14N2O4S2. The number of carboxylic acid groups (broad SMARTS) is 1. The summed E-state index contributed by atoms with van der Waals surface area (Å²) in [5.41, 5.74) is 0.343. The Balaban J connectivity index is 2.34. The van der Waals surface area contributed by atoms with E-state index in [2.05, 4.69) is 4.72 Å². The molecule has 21 heavy (non-hydrogen) atoms. The fraction of sp³-hybridized carbons (Fsp3) is 0.154. The van der Waals surface area contributed by atoms with Gasteiger partial charge >= 0.3 is 5.97 Å². The van der Waals surface area contributed by atoms with E-state index in [1.807, 2.05) is 12.3 Å². The van der Waals surface area contributed by atoms with Crippen LogP contribution < -0.4 is 4.72 Å². The quantitative estimate of drug-likeness (QED) is 0.823. The number of aryl methyl sites for hydroxylation is 1. The van der Waals surface area contributed by atoms with E-state index >= 15 is 0 Å². The third-order valence-corrected chi connectivity index (χ3v) is 4.90. The van der Waals surface area contributed by atoms with E-state index in [9.17, 15) is 13.2 Å². The van der Waals surface area contributed by atoms with E-state index in [1.54, 1.807) is 18.2 Å². The van der Waals surface area contributed by atoms with Crippen molar-refractivity contribution in [2.45, 2.75) is 9.79 Å². The summed E-state index contributed by atoms with van der Waals surface area (Å²) >= 11 is 1.50. The van der Waals surface area contributed by atoms with Crippen molar-refractivity contribution >= 4 is 33.4 Å². The summed E-state index contributed by atoms with van der Waals surface area (Å²) in [6.07, 6.45) is 3.16. The van der Waals surface area contributed by atoms with Crippen molar-refractivity contribution in [2.24, 2.45) is 7.05 Å². The van der Waals surface area contributed by atoms with Gasteiger partial charge in [-0.1, -0.05) is 6.07 Å². The van der Waals surface area contributed by atoms with Gasteiger partial charge in [0.2, 0.25) is 0 Å². The molecular weight excluding hydrogens is 312 g/mol. The van der Waals surface area contributed by atoms with Crippen LogP contribution in [0.5, 0.6) is 0 Å². The number of thioether (sulfide) groups is 1. The summed E-state index contributed by atoms with van der Waals surface area (Å²) in [5.74, 6) is -1.18. The number of rotatable bonds is 5. The summed E-state index contributed by atoms with van der Waals surface area (Å²) in [6.45, 7) is 0. The summed E-state index contributed by atoms with van der Waals surface area (Å²) in [7, 11) is -2.33. The average Bonchev–Trinajstić information content (AvgIpc) is 2.81. The second-order valence-corrected chi connectivity index (χ2v) is 6.88. The number of anilines is 1. The van der Waals surface area contributed by atoms with Gasteiger partial charge in [0.25, 0.3) is 10.0 Å². The third-order valence-electron chi connectivity index (χ3n) is 2.83. The molecule has 1 aromatic heterocycles. The van der Waals surface area contributed by atoms with Crippen LogP contribution in [0, 0.1) is 0 Å². The molecule has 2 rings (SSSR count). The van der Waals surface area contributed by atoms with Gasteiger partial charge in [0, 0.05) is 23.8 Å². The molecule has 6 nitrogen and oxygen atoms in total. The van der Waals surface area contributed by atoms with Crippen LogP contribution >= 0.6 is 11.8 Å². The van der Waals surface area contributed by atoms with Crippen molar-refractivity contribution in [1.29, 1.82) is 0 Å². The van der Waals surface area contributed by atoms with E-state index in [4.69, 9.17) is 5.11 Å². The first-order chi connectivity index (χ1) is 9.83. The predicted molar refractivity (Wildman–Crippen MR) is 81.4 cm³/mol. The molecule has 1 heterocycles. The number of carbonyl (C=O) groups is 1. The van der Waals surface area contributed by atoms with Crippen molar-refractivity contribution in [3.8, 4) is 0 Å². The molecule has 0 amide bonds. The highest BCUT2D eigenvalue weighted by Crippen LogP contribution is 2.22. The van der Waals surface area contributed by atoms with Crippen LogP contribution in [0.25, 0.3) is 0 Å². The molecule has 0 aliphatic heterocycles. The minimum atomic E-state index is -3.82. The number of nitrogens with one attached hydrogen (secondary N) is 1. The van der Waals surface area contributed by atoms with E-state index in [0.29, 0.717) is 5.69 Å². The number of aromatic nitrogens is 1. The molecule has 0 atom stereocenters. The maximum Gasteiger partial charge on any atom is 0.352 e. The Morgan fingerprint density at radius 3 is 2.62 bits per heavy atom. The summed E-state index contributed by atoms with van der Waals surface area (Å²) < 4.78 is 28.2. The molecule has 0 unspecified atom stereocenters. The van der Waals surface area contributed by atoms with E-state index in [1.165, 1.54) is 29.6 Å². The summed E-state index contributed by atoms with van der Waals surface area (Å²) in [6, 6.07) is 8.09. The van der Waals surface area contributed by atoms with Gasteiger partial charge in [0.1, 0.15) is 10.6 Å². The Hall–Kier alpha value is -1.93. The van der Waals surface area contributed by atoms with Crippen molar-refractivity contribution in [1.82, 2.24) is 4.57 Å². The molecule has 0 aliphatic carbocycles. The maximum absolute atomic E-state index is 12.3. The molecule has 2 N–H and O–H groups in total. The highest BCUT2D eigenvalue weighted by Gasteiger charge is 2.20. The fourth-order valence-electron chi connectivity index (χ4n) is 1.79. The van der Waals surface area contributed by atoms with E-state index in [-0.39, 0.29) is 10.6 Å². The van der Waals surface area contributed by atoms with Crippen LogP contribution in [0.2, 0.25) is 0 Å². The van der Waals surface area contributed by atoms with Gasteiger partial charge in [-0.05, 0) is 30.5 Å². The molecule has 0 aliphatic rings. The number of carboxylic acids is 1. The zero-order chi connectivity index (χ0) is 15.6. The first kappa shape index (κ1) is 15.5. The normalized spacial score (nSPS) is 11.3. The highest BCUT2D eigenvalue weighted by atomic mass is 32.2. The number of hydrogen-bond donors (Lipinski definition) is 2. The Morgan fingerprint density at radius 1 is 1.33 bits per heavy atom.